The van der Waals surface area contributed by atoms with Gasteiger partial charge in [0.05, 0.1) is 22.4 Å². The third kappa shape index (κ3) is 5.83. The number of hydrogen-bond acceptors (Lipinski definition) is 2. The van der Waals surface area contributed by atoms with Gasteiger partial charge in [-0.2, -0.15) is 0 Å². The highest BCUT2D eigenvalue weighted by Crippen LogP contribution is 2.47. The van der Waals surface area contributed by atoms with Gasteiger partial charge in [0.15, 0.2) is 0 Å². The van der Waals surface area contributed by atoms with E-state index in [0.29, 0.717) is 6.17 Å². The minimum Gasteiger partial charge on any atom is -0.309 e. The van der Waals surface area contributed by atoms with Crippen molar-refractivity contribution in [3.05, 3.63) is 143 Å². The third-order valence-electron chi connectivity index (χ3n) is 10.3. The molecule has 0 N–H and O–H groups in total. The Morgan fingerprint density at radius 3 is 1.20 bits per heavy atom. The van der Waals surface area contributed by atoms with E-state index in [-0.39, 0.29) is 41.9 Å². The Hall–Kier alpha value is -5.16. The average Bonchev–Trinajstić information content (AvgIpc) is 3.45. The van der Waals surface area contributed by atoms with Crippen molar-refractivity contribution in [1.82, 2.24) is 4.57 Å². The second-order valence-corrected chi connectivity index (χ2v) is 15.1. The lowest BCUT2D eigenvalue weighted by molar-refractivity contribution is -0.128. The monoisotopic (exact) mass is 674 g/mol. The van der Waals surface area contributed by atoms with E-state index in [1.807, 2.05) is 9.80 Å². The fraction of sp³-hybridized carbons (Fsp3) is 0.283. The fourth-order valence-corrected chi connectivity index (χ4v) is 7.84. The molecule has 1 aliphatic rings. The Bertz CT molecular complexity index is 2070. The molecule has 51 heavy (non-hydrogen) atoms. The van der Waals surface area contributed by atoms with Crippen LogP contribution in [0.4, 0.5) is 11.4 Å². The number of fused-ring (bicyclic) bond motifs is 3. The van der Waals surface area contributed by atoms with Crippen molar-refractivity contribution in [3.8, 4) is 5.69 Å². The molecule has 6 aromatic rings. The van der Waals surface area contributed by atoms with Crippen LogP contribution in [-0.2, 0) is 9.59 Å². The topological polar surface area (TPSA) is 45.5 Å². The van der Waals surface area contributed by atoms with Gasteiger partial charge in [-0.05, 0) is 70.2 Å². The number of para-hydroxylation sites is 4. The fourth-order valence-electron chi connectivity index (χ4n) is 7.84. The SMILES string of the molecule is CC(C)c1cccc(C(C)C)c1N1[C](c2ccc(-n3c4ccccc4c4ccccc43)cc2)N(c2c(C(C)C)cccc2C(C)C)C(=O)CC1=O. The smallest absolute Gasteiger partial charge is 0.238 e. The molecule has 5 heteroatoms. The van der Waals surface area contributed by atoms with E-state index in [4.69, 9.17) is 0 Å². The lowest BCUT2D eigenvalue weighted by Gasteiger charge is -2.45. The summed E-state index contributed by atoms with van der Waals surface area (Å²) in [6.07, 6.45) is 0.381. The van der Waals surface area contributed by atoms with Crippen LogP contribution in [0.25, 0.3) is 27.5 Å². The van der Waals surface area contributed by atoms with Crippen LogP contribution < -0.4 is 9.80 Å². The molecule has 5 aromatic carbocycles. The number of aromatic nitrogens is 1. The Balaban J connectivity index is 1.50. The highest BCUT2D eigenvalue weighted by atomic mass is 16.2. The molecule has 0 spiro atoms. The van der Waals surface area contributed by atoms with E-state index in [2.05, 4.69) is 169 Å². The minimum atomic E-state index is -0.211. The van der Waals surface area contributed by atoms with Crippen LogP contribution in [0.5, 0.6) is 0 Å². The number of hydrogen-bond donors (Lipinski definition) is 0. The summed E-state index contributed by atoms with van der Waals surface area (Å²) in [6.45, 7) is 17.4. The summed E-state index contributed by atoms with van der Waals surface area (Å²) < 4.78 is 2.29. The maximum absolute atomic E-state index is 14.6. The molecule has 1 saturated heterocycles. The molecule has 0 unspecified atom stereocenters. The second-order valence-electron chi connectivity index (χ2n) is 15.1. The van der Waals surface area contributed by atoms with Crippen LogP contribution in [0.2, 0.25) is 0 Å². The molecule has 7 rings (SSSR count). The Morgan fingerprint density at radius 2 is 0.824 bits per heavy atom. The third-order valence-corrected chi connectivity index (χ3v) is 10.3. The Morgan fingerprint density at radius 1 is 0.451 bits per heavy atom. The number of anilines is 2. The van der Waals surface area contributed by atoms with Crippen molar-refractivity contribution in [2.75, 3.05) is 9.80 Å². The number of amides is 2. The largest absolute Gasteiger partial charge is 0.309 e. The van der Waals surface area contributed by atoms with Gasteiger partial charge >= 0.3 is 0 Å². The molecular formula is C46H48N3O2. The van der Waals surface area contributed by atoms with Crippen LogP contribution in [0.3, 0.4) is 0 Å². The Kier molecular flexibility index (Phi) is 9.09. The predicted octanol–water partition coefficient (Wildman–Crippen LogP) is 11.6. The molecule has 1 aliphatic heterocycles. The van der Waals surface area contributed by atoms with Crippen molar-refractivity contribution in [1.29, 1.82) is 0 Å². The molecule has 2 amide bonds. The first kappa shape index (κ1) is 34.3. The molecule has 0 bridgehead atoms. The van der Waals surface area contributed by atoms with E-state index in [1.165, 1.54) is 10.8 Å². The highest BCUT2D eigenvalue weighted by molar-refractivity contribution is 6.18. The van der Waals surface area contributed by atoms with Crippen molar-refractivity contribution in [2.24, 2.45) is 0 Å². The van der Waals surface area contributed by atoms with Crippen molar-refractivity contribution in [2.45, 2.75) is 85.5 Å². The maximum Gasteiger partial charge on any atom is 0.238 e. The zero-order valence-corrected chi connectivity index (χ0v) is 31.1. The van der Waals surface area contributed by atoms with Gasteiger partial charge in [0.2, 0.25) is 18.0 Å². The number of rotatable bonds is 8. The van der Waals surface area contributed by atoms with Crippen LogP contribution >= 0.6 is 0 Å². The normalized spacial score (nSPS) is 14.4. The quantitative estimate of drug-likeness (QED) is 0.151. The zero-order valence-electron chi connectivity index (χ0n) is 31.1. The van der Waals surface area contributed by atoms with Crippen LogP contribution in [0.1, 0.15) is 113 Å². The summed E-state index contributed by atoms with van der Waals surface area (Å²) in [4.78, 5) is 32.9. The van der Waals surface area contributed by atoms with Gasteiger partial charge in [-0.3, -0.25) is 19.4 Å². The van der Waals surface area contributed by atoms with Gasteiger partial charge < -0.3 is 4.57 Å². The van der Waals surface area contributed by atoms with E-state index in [0.717, 1.165) is 55.9 Å². The average molecular weight is 675 g/mol. The van der Waals surface area contributed by atoms with Gasteiger partial charge in [-0.1, -0.05) is 140 Å². The predicted molar refractivity (Wildman–Crippen MR) is 212 cm³/mol. The molecule has 259 valence electrons. The van der Waals surface area contributed by atoms with Gasteiger partial charge in [0.25, 0.3) is 0 Å². The van der Waals surface area contributed by atoms with Crippen LogP contribution in [0.15, 0.2) is 109 Å². The molecule has 5 nitrogen and oxygen atoms in total. The first-order chi connectivity index (χ1) is 24.5. The summed E-state index contributed by atoms with van der Waals surface area (Å²) in [7, 11) is 0. The zero-order chi connectivity index (χ0) is 36.1. The van der Waals surface area contributed by atoms with Gasteiger partial charge in [-0.25, -0.2) is 0 Å². The molecule has 0 atom stereocenters. The number of carbonyl (C=O) groups is 2. The number of carbonyl (C=O) groups excluding carboxylic acids is 2. The summed E-state index contributed by atoms with van der Waals surface area (Å²) >= 11 is 0. The number of nitrogens with zero attached hydrogens (tertiary/aromatic N) is 3. The van der Waals surface area contributed by atoms with E-state index >= 15 is 0 Å². The van der Waals surface area contributed by atoms with E-state index in [9.17, 15) is 9.59 Å². The lowest BCUT2D eigenvalue weighted by atomic mass is 9.88. The summed E-state index contributed by atoms with van der Waals surface area (Å²) in [5.74, 6) is 0.217. The first-order valence-corrected chi connectivity index (χ1v) is 18.4. The second kappa shape index (κ2) is 13.5. The maximum atomic E-state index is 14.6. The minimum absolute atomic E-state index is 0.158. The molecule has 0 aliphatic carbocycles. The van der Waals surface area contributed by atoms with Gasteiger partial charge in [-0.15, -0.1) is 0 Å². The van der Waals surface area contributed by atoms with E-state index < -0.39 is 0 Å². The molecule has 1 aromatic heterocycles. The highest BCUT2D eigenvalue weighted by Gasteiger charge is 2.46. The first-order valence-electron chi connectivity index (χ1n) is 18.4. The molecular weight excluding hydrogens is 627 g/mol. The standard InChI is InChI=1S/C46H48N3O2/c1-28(2)34-17-13-18-35(29(3)4)44(34)48-42(50)27-43(51)49(45-36(30(5)6)19-14-20-37(45)31(7)8)46(48)32-23-25-33(26-24-32)47-40-21-11-9-15-38(40)39-16-10-12-22-41(39)47/h9-26,28-31H,27H2,1-8H3. The van der Waals surface area contributed by atoms with Crippen molar-refractivity contribution in [3.63, 3.8) is 0 Å². The van der Waals surface area contributed by atoms with Crippen molar-refractivity contribution < 1.29 is 9.59 Å². The molecule has 1 radical (unpaired) electrons. The molecule has 0 saturated carbocycles. The number of benzene rings is 5. The summed E-state index contributed by atoms with van der Waals surface area (Å²) in [5, 5.41) is 2.40. The van der Waals surface area contributed by atoms with Crippen molar-refractivity contribution >= 4 is 45.0 Å². The summed E-state index contributed by atoms with van der Waals surface area (Å²) in [6, 6.07) is 38.1. The van der Waals surface area contributed by atoms with Crippen LogP contribution in [-0.4, -0.2) is 16.4 Å². The Labute approximate surface area is 302 Å². The lowest BCUT2D eigenvalue weighted by Crippen LogP contribution is -2.55. The van der Waals surface area contributed by atoms with E-state index in [1.54, 1.807) is 0 Å². The van der Waals surface area contributed by atoms with Gasteiger partial charge in [0.1, 0.15) is 6.42 Å². The van der Waals surface area contributed by atoms with Gasteiger partial charge in [0, 0.05) is 22.0 Å². The molecule has 2 heterocycles. The summed E-state index contributed by atoms with van der Waals surface area (Å²) in [5.41, 5.74) is 10.2. The van der Waals surface area contributed by atoms with Crippen LogP contribution in [0, 0.1) is 6.17 Å². The molecule has 1 fully saturated rings.